The van der Waals surface area contributed by atoms with E-state index in [1.807, 2.05) is 31.2 Å². The molecule has 1 aromatic heterocycles. The number of carbonyl (C=O) groups excluding carboxylic acids is 4. The second-order valence-electron chi connectivity index (χ2n) is 10.3. The number of benzene rings is 3. The van der Waals surface area contributed by atoms with E-state index in [9.17, 15) is 19.2 Å². The largest absolute Gasteiger partial charge is 0.454 e. The number of hydrogen-bond donors (Lipinski definition) is 0. The maximum atomic E-state index is 13.2. The number of carbonyl (C=O) groups is 4. The lowest BCUT2D eigenvalue weighted by Gasteiger charge is -2.16. The Hall–Kier alpha value is -4.62. The number of aromatic nitrogens is 1. The van der Waals surface area contributed by atoms with Crippen LogP contribution in [-0.2, 0) is 14.3 Å². The number of pyridine rings is 1. The fraction of sp³-hybridized carbons (Fsp3) is 0.182. The number of hydrogen-bond acceptors (Lipinski definition) is 6. The number of imide groups is 1. The van der Waals surface area contributed by atoms with Gasteiger partial charge < -0.3 is 4.74 Å². The molecule has 0 N–H and O–H groups in total. The Labute approximate surface area is 241 Å². The zero-order chi connectivity index (χ0) is 28.7. The number of rotatable bonds is 6. The van der Waals surface area contributed by atoms with Crippen molar-refractivity contribution in [1.29, 1.82) is 0 Å². The number of ketones is 1. The van der Waals surface area contributed by atoms with Crippen LogP contribution in [0.5, 0.6) is 0 Å². The first-order chi connectivity index (χ1) is 19.8. The predicted octanol–water partition coefficient (Wildman–Crippen LogP) is 6.36. The summed E-state index contributed by atoms with van der Waals surface area (Å²) in [5, 5.41) is 0.852. The smallest absolute Gasteiger partial charge is 0.339 e. The highest BCUT2D eigenvalue weighted by Crippen LogP contribution is 2.38. The number of esters is 1. The number of fused-ring (bicyclic) bond motifs is 2. The normalized spacial score (nSPS) is 18.0. The van der Waals surface area contributed by atoms with E-state index in [0.29, 0.717) is 51.3 Å². The van der Waals surface area contributed by atoms with Gasteiger partial charge in [0.2, 0.25) is 11.8 Å². The van der Waals surface area contributed by atoms with Crippen LogP contribution in [0.4, 0.5) is 5.69 Å². The number of nitrogens with zero attached hydrogens (tertiary/aromatic N) is 2. The van der Waals surface area contributed by atoms with Crippen LogP contribution in [0.3, 0.4) is 0 Å². The molecule has 4 aromatic rings. The molecular weight excluding hydrogens is 540 g/mol. The Balaban J connectivity index is 1.29. The zero-order valence-corrected chi connectivity index (χ0v) is 22.9. The SMILES string of the molecule is Cc1ccc(C(=O)COC(=O)c2cc(-c3ccc(N4C(=O)[C@H]5CC=CC[C@@H]5C4=O)cc3)nc3c(Cl)cccc23)cc1. The van der Waals surface area contributed by atoms with Gasteiger partial charge in [-0.15, -0.1) is 0 Å². The summed E-state index contributed by atoms with van der Waals surface area (Å²) in [6.07, 6.45) is 5.05. The van der Waals surface area contributed by atoms with Gasteiger partial charge >= 0.3 is 5.97 Å². The van der Waals surface area contributed by atoms with Gasteiger partial charge in [0.1, 0.15) is 0 Å². The van der Waals surface area contributed by atoms with Crippen LogP contribution in [-0.4, -0.2) is 35.2 Å². The molecule has 1 aliphatic carbocycles. The Morgan fingerprint density at radius 3 is 2.24 bits per heavy atom. The van der Waals surface area contributed by atoms with Gasteiger partial charge in [0.25, 0.3) is 0 Å². The Kier molecular flexibility index (Phi) is 6.97. The van der Waals surface area contributed by atoms with Crippen LogP contribution in [0.2, 0.25) is 5.02 Å². The van der Waals surface area contributed by atoms with Crippen LogP contribution in [0.1, 0.15) is 39.1 Å². The van der Waals surface area contributed by atoms with E-state index < -0.39 is 12.6 Å². The molecule has 204 valence electrons. The first kappa shape index (κ1) is 26.6. The second kappa shape index (κ2) is 10.7. The highest BCUT2D eigenvalue weighted by atomic mass is 35.5. The molecule has 2 aliphatic rings. The fourth-order valence-electron chi connectivity index (χ4n) is 5.40. The van der Waals surface area contributed by atoms with Crippen LogP contribution in [0.15, 0.2) is 84.9 Å². The van der Waals surface area contributed by atoms with Crippen LogP contribution < -0.4 is 4.90 Å². The highest BCUT2D eigenvalue weighted by Gasteiger charge is 2.47. The van der Waals surface area contributed by atoms with Gasteiger partial charge in [0.15, 0.2) is 12.4 Å². The molecule has 41 heavy (non-hydrogen) atoms. The number of para-hydroxylation sites is 1. The molecule has 8 heteroatoms. The maximum Gasteiger partial charge on any atom is 0.339 e. The topological polar surface area (TPSA) is 93.6 Å². The number of Topliss-reactive ketones (excluding diaryl/α,β-unsaturated/α-hetero) is 1. The molecule has 1 aliphatic heterocycles. The zero-order valence-electron chi connectivity index (χ0n) is 22.2. The molecule has 0 radical (unpaired) electrons. The molecule has 0 unspecified atom stereocenters. The van der Waals surface area contributed by atoms with E-state index in [2.05, 4.69) is 0 Å². The molecule has 7 nitrogen and oxygen atoms in total. The van der Waals surface area contributed by atoms with Crippen molar-refractivity contribution < 1.29 is 23.9 Å². The molecule has 0 saturated carbocycles. The minimum absolute atomic E-state index is 0.182. The number of aryl methyl sites for hydroxylation is 1. The summed E-state index contributed by atoms with van der Waals surface area (Å²) >= 11 is 6.46. The van der Waals surface area contributed by atoms with Crippen molar-refractivity contribution in [2.45, 2.75) is 19.8 Å². The minimum atomic E-state index is -0.678. The van der Waals surface area contributed by atoms with Gasteiger partial charge in [-0.3, -0.25) is 19.3 Å². The summed E-state index contributed by atoms with van der Waals surface area (Å²) in [5.41, 5.74) is 3.70. The van der Waals surface area contributed by atoms with Gasteiger partial charge in [0, 0.05) is 16.5 Å². The lowest BCUT2D eigenvalue weighted by Crippen LogP contribution is -2.30. The average molecular weight is 565 g/mol. The van der Waals surface area contributed by atoms with E-state index in [1.165, 1.54) is 4.90 Å². The number of halogens is 1. The third-order valence-electron chi connectivity index (χ3n) is 7.65. The molecule has 2 amide bonds. The number of anilines is 1. The molecule has 6 rings (SSSR count). The standard InChI is InChI=1S/C33H25ClN2O5/c1-19-9-11-21(12-10-19)29(37)18-41-33(40)26-17-28(35-30-23(26)7-4-8-27(30)34)20-13-15-22(16-14-20)36-31(38)24-5-2-3-6-25(24)32(36)39/h2-4,7-17,24-25H,5-6,18H2,1H3/t24-,25-/m0/s1. The molecule has 0 bridgehead atoms. The predicted molar refractivity (Wildman–Crippen MR) is 156 cm³/mol. The van der Waals surface area contributed by atoms with Crippen molar-refractivity contribution in [2.75, 3.05) is 11.5 Å². The quantitative estimate of drug-likeness (QED) is 0.117. The average Bonchev–Trinajstić information content (AvgIpc) is 3.25. The summed E-state index contributed by atoms with van der Waals surface area (Å²) in [6, 6.07) is 20.6. The summed E-state index contributed by atoms with van der Waals surface area (Å²) in [5.74, 6) is -1.99. The van der Waals surface area contributed by atoms with E-state index in [0.717, 1.165) is 5.56 Å². The van der Waals surface area contributed by atoms with Crippen LogP contribution in [0.25, 0.3) is 22.2 Å². The number of ether oxygens (including phenoxy) is 1. The molecule has 2 heterocycles. The minimum Gasteiger partial charge on any atom is -0.454 e. The number of allylic oxidation sites excluding steroid dienone is 2. The van der Waals surface area contributed by atoms with E-state index in [-0.39, 0.29) is 35.0 Å². The molecular formula is C33H25ClN2O5. The summed E-state index contributed by atoms with van der Waals surface area (Å²) in [6.45, 7) is 1.51. The van der Waals surface area contributed by atoms with Gasteiger partial charge in [-0.1, -0.05) is 77.8 Å². The highest BCUT2D eigenvalue weighted by molar-refractivity contribution is 6.35. The van der Waals surface area contributed by atoms with Gasteiger partial charge in [-0.05, 0) is 44.0 Å². The van der Waals surface area contributed by atoms with Crippen molar-refractivity contribution in [3.63, 3.8) is 0 Å². The van der Waals surface area contributed by atoms with Gasteiger partial charge in [-0.25, -0.2) is 9.78 Å². The van der Waals surface area contributed by atoms with Gasteiger partial charge in [0.05, 0.1) is 39.3 Å². The van der Waals surface area contributed by atoms with Crippen molar-refractivity contribution >= 4 is 51.8 Å². The Morgan fingerprint density at radius 2 is 1.59 bits per heavy atom. The van der Waals surface area contributed by atoms with Crippen molar-refractivity contribution in [3.8, 4) is 11.3 Å². The van der Waals surface area contributed by atoms with E-state index >= 15 is 0 Å². The van der Waals surface area contributed by atoms with Crippen LogP contribution >= 0.6 is 11.6 Å². The lowest BCUT2D eigenvalue weighted by molar-refractivity contribution is -0.122. The Morgan fingerprint density at radius 1 is 0.927 bits per heavy atom. The molecule has 3 aromatic carbocycles. The molecule has 1 fully saturated rings. The Bertz CT molecular complexity index is 1720. The number of amides is 2. The van der Waals surface area contributed by atoms with Crippen LogP contribution in [0, 0.1) is 18.8 Å². The van der Waals surface area contributed by atoms with E-state index in [4.69, 9.17) is 21.3 Å². The first-order valence-corrected chi connectivity index (χ1v) is 13.7. The van der Waals surface area contributed by atoms with Crippen molar-refractivity contribution in [2.24, 2.45) is 11.8 Å². The summed E-state index contributed by atoms with van der Waals surface area (Å²) in [4.78, 5) is 57.8. The molecule has 0 spiro atoms. The third-order valence-corrected chi connectivity index (χ3v) is 7.95. The summed E-state index contributed by atoms with van der Waals surface area (Å²) < 4.78 is 5.42. The van der Waals surface area contributed by atoms with Gasteiger partial charge in [-0.2, -0.15) is 0 Å². The molecule has 1 saturated heterocycles. The van der Waals surface area contributed by atoms with Crippen molar-refractivity contribution in [1.82, 2.24) is 4.98 Å². The van der Waals surface area contributed by atoms with Crippen molar-refractivity contribution in [3.05, 3.63) is 107 Å². The van der Waals surface area contributed by atoms with E-state index in [1.54, 1.807) is 60.7 Å². The fourth-order valence-corrected chi connectivity index (χ4v) is 5.61. The lowest BCUT2D eigenvalue weighted by atomic mass is 9.85. The molecule has 2 atom stereocenters. The summed E-state index contributed by atoms with van der Waals surface area (Å²) in [7, 11) is 0. The first-order valence-electron chi connectivity index (χ1n) is 13.3. The maximum absolute atomic E-state index is 13.2. The third kappa shape index (κ3) is 4.93. The second-order valence-corrected chi connectivity index (χ2v) is 10.7. The monoisotopic (exact) mass is 564 g/mol.